The molecule has 4 aromatic carbocycles. The highest BCUT2D eigenvalue weighted by Gasteiger charge is 2.29. The van der Waals surface area contributed by atoms with E-state index in [9.17, 15) is 33.9 Å². The Bertz CT molecular complexity index is 1900. The molecule has 0 aliphatic heterocycles. The van der Waals surface area contributed by atoms with E-state index in [1.165, 1.54) is 36.4 Å². The Balaban J connectivity index is 1.54. The van der Waals surface area contributed by atoms with Crippen LogP contribution in [0.1, 0.15) is 65.2 Å². The Hall–Kier alpha value is -6.50. The molecule has 13 heteroatoms. The van der Waals surface area contributed by atoms with Gasteiger partial charge in [-0.3, -0.25) is 19.2 Å². The Labute approximate surface area is 318 Å². The van der Waals surface area contributed by atoms with E-state index in [-0.39, 0.29) is 36.5 Å². The van der Waals surface area contributed by atoms with Gasteiger partial charge in [0.1, 0.15) is 23.6 Å². The van der Waals surface area contributed by atoms with E-state index in [1.54, 1.807) is 60.7 Å². The van der Waals surface area contributed by atoms with Gasteiger partial charge in [0.25, 0.3) is 6.10 Å². The number of amides is 3. The predicted molar refractivity (Wildman–Crippen MR) is 203 cm³/mol. The molecule has 2 atom stereocenters. The number of hydrogen-bond acceptors (Lipinski definition) is 8. The minimum Gasteiger partial charge on any atom is -0.508 e. The molecular formula is C42H45N3O10. The number of ether oxygens (including phenoxy) is 1. The Kier molecular flexibility index (Phi) is 15.5. The summed E-state index contributed by atoms with van der Waals surface area (Å²) in [5.74, 6) is -4.92. The van der Waals surface area contributed by atoms with E-state index in [4.69, 9.17) is 14.9 Å². The molecular weight excluding hydrogens is 706 g/mol. The number of phenols is 1. The van der Waals surface area contributed by atoms with Gasteiger partial charge < -0.3 is 36.0 Å². The number of nitrogens with one attached hydrogen (secondary N) is 3. The molecule has 0 aromatic heterocycles. The fraction of sp³-hybridized carbons (Fsp3) is 0.286. The summed E-state index contributed by atoms with van der Waals surface area (Å²) in [6.45, 7) is 2.41. The summed E-state index contributed by atoms with van der Waals surface area (Å²) < 4.78 is 5.09. The summed E-state index contributed by atoms with van der Waals surface area (Å²) in [4.78, 5) is 76.3. The third-order valence-electron chi connectivity index (χ3n) is 8.70. The molecule has 55 heavy (non-hydrogen) atoms. The van der Waals surface area contributed by atoms with Crippen LogP contribution in [0.4, 0.5) is 0 Å². The predicted octanol–water partition coefficient (Wildman–Crippen LogP) is 4.23. The van der Waals surface area contributed by atoms with Crippen LogP contribution in [0.25, 0.3) is 0 Å². The SMILES string of the molecule is CCCCCNC(=O)[C@H](Cc1ccc(OC(C(=O)O)C(=O)O)cc1)NC(=O)[C@H](Cc1ccc(C(=O)c2ccccc2)cc1)NC(=O)CCc1ccc(O)cc1. The molecule has 0 saturated heterocycles. The highest BCUT2D eigenvalue weighted by molar-refractivity contribution is 6.09. The first-order valence-corrected chi connectivity index (χ1v) is 18.0. The van der Waals surface area contributed by atoms with Crippen LogP contribution in [0.2, 0.25) is 0 Å². The summed E-state index contributed by atoms with van der Waals surface area (Å²) in [5.41, 5.74) is 2.99. The third kappa shape index (κ3) is 13.1. The smallest absolute Gasteiger partial charge is 0.356 e. The zero-order chi connectivity index (χ0) is 39.7. The van der Waals surface area contributed by atoms with Crippen LogP contribution >= 0.6 is 0 Å². The molecule has 288 valence electrons. The molecule has 3 amide bonds. The number of aromatic hydroxyl groups is 1. The largest absolute Gasteiger partial charge is 0.508 e. The molecule has 6 N–H and O–H groups in total. The van der Waals surface area contributed by atoms with Crippen molar-refractivity contribution < 1.29 is 48.8 Å². The molecule has 0 bridgehead atoms. The maximum absolute atomic E-state index is 14.0. The highest BCUT2D eigenvalue weighted by Crippen LogP contribution is 2.17. The standard InChI is InChI=1S/C42H45N3O10/c1-2-3-7-24-43-39(49)34(25-29-14-21-33(22-15-29)55-38(41(51)52)42(53)54)45-40(50)35(44-36(47)23-16-27-12-19-32(46)20-13-27)26-28-10-17-31(18-11-28)37(48)30-8-5-4-6-9-30/h4-6,8-15,17-22,34-35,38,46H,2-3,7,16,23-26H2,1H3,(H,43,49)(H,44,47)(H,45,50)(H,51,52)(H,53,54)/t34-,35-/m0/s1. The lowest BCUT2D eigenvalue weighted by atomic mass is 9.98. The van der Waals surface area contributed by atoms with Crippen LogP contribution in [0.3, 0.4) is 0 Å². The normalized spacial score (nSPS) is 11.9. The third-order valence-corrected chi connectivity index (χ3v) is 8.70. The van der Waals surface area contributed by atoms with Gasteiger partial charge >= 0.3 is 11.9 Å². The molecule has 13 nitrogen and oxygen atoms in total. The molecule has 0 spiro atoms. The molecule has 4 aromatic rings. The summed E-state index contributed by atoms with van der Waals surface area (Å²) >= 11 is 0. The van der Waals surface area contributed by atoms with Crippen molar-refractivity contribution in [3.05, 3.63) is 131 Å². The van der Waals surface area contributed by atoms with Gasteiger partial charge in [-0.1, -0.05) is 98.6 Å². The highest BCUT2D eigenvalue weighted by atomic mass is 16.5. The monoisotopic (exact) mass is 751 g/mol. The Morgan fingerprint density at radius 2 is 1.18 bits per heavy atom. The maximum atomic E-state index is 14.0. The van der Waals surface area contributed by atoms with Gasteiger partial charge in [0, 0.05) is 36.9 Å². The minimum atomic E-state index is -2.11. The zero-order valence-corrected chi connectivity index (χ0v) is 30.4. The van der Waals surface area contributed by atoms with E-state index < -0.39 is 47.8 Å². The summed E-state index contributed by atoms with van der Waals surface area (Å²) in [7, 11) is 0. The van der Waals surface area contributed by atoms with E-state index in [0.717, 1.165) is 24.8 Å². The number of rotatable bonds is 21. The second kappa shape index (κ2) is 20.7. The first-order valence-electron chi connectivity index (χ1n) is 18.0. The second-order valence-electron chi connectivity index (χ2n) is 13.0. The number of aryl methyl sites for hydroxylation is 1. The molecule has 0 radical (unpaired) electrons. The topological polar surface area (TPSA) is 208 Å². The van der Waals surface area contributed by atoms with Gasteiger partial charge in [-0.25, -0.2) is 9.59 Å². The average Bonchev–Trinajstić information content (AvgIpc) is 3.18. The molecule has 0 saturated carbocycles. The van der Waals surface area contributed by atoms with Gasteiger partial charge in [-0.2, -0.15) is 0 Å². The van der Waals surface area contributed by atoms with Crippen molar-refractivity contribution in [2.75, 3.05) is 6.54 Å². The number of aliphatic carboxylic acids is 2. The number of hydrogen-bond donors (Lipinski definition) is 6. The molecule has 4 rings (SSSR count). The van der Waals surface area contributed by atoms with E-state index in [2.05, 4.69) is 16.0 Å². The molecule has 0 unspecified atom stereocenters. The number of carbonyl (C=O) groups excluding carboxylic acids is 4. The summed E-state index contributed by atoms with van der Waals surface area (Å²) in [5, 5.41) is 36.4. The van der Waals surface area contributed by atoms with Crippen LogP contribution in [0.15, 0.2) is 103 Å². The zero-order valence-electron chi connectivity index (χ0n) is 30.4. The fourth-order valence-corrected chi connectivity index (χ4v) is 5.65. The van der Waals surface area contributed by atoms with Crippen LogP contribution in [-0.2, 0) is 43.2 Å². The van der Waals surface area contributed by atoms with Crippen molar-refractivity contribution in [1.29, 1.82) is 0 Å². The van der Waals surface area contributed by atoms with Crippen molar-refractivity contribution in [3.63, 3.8) is 0 Å². The quantitative estimate of drug-likeness (QED) is 0.0406. The lowest BCUT2D eigenvalue weighted by Gasteiger charge is -2.24. The number of carboxylic acid groups (broad SMARTS) is 2. The van der Waals surface area contributed by atoms with Gasteiger partial charge in [-0.05, 0) is 53.8 Å². The number of carboxylic acids is 2. The van der Waals surface area contributed by atoms with E-state index in [1.807, 2.05) is 13.0 Å². The molecule has 0 heterocycles. The number of benzene rings is 4. The first-order chi connectivity index (χ1) is 26.4. The Morgan fingerprint density at radius 1 is 0.636 bits per heavy atom. The number of unbranched alkanes of at least 4 members (excludes halogenated alkanes) is 2. The van der Waals surface area contributed by atoms with Gasteiger partial charge in [0.15, 0.2) is 5.78 Å². The van der Waals surface area contributed by atoms with Crippen LogP contribution in [0, 0.1) is 0 Å². The van der Waals surface area contributed by atoms with Crippen molar-refractivity contribution >= 4 is 35.4 Å². The molecule has 0 aliphatic carbocycles. The van der Waals surface area contributed by atoms with Gasteiger partial charge in [0.05, 0.1) is 0 Å². The van der Waals surface area contributed by atoms with Gasteiger partial charge in [-0.15, -0.1) is 0 Å². The van der Waals surface area contributed by atoms with Crippen molar-refractivity contribution in [3.8, 4) is 11.5 Å². The minimum absolute atomic E-state index is 0.00470. The van der Waals surface area contributed by atoms with Crippen LogP contribution in [0.5, 0.6) is 11.5 Å². The van der Waals surface area contributed by atoms with Crippen molar-refractivity contribution in [1.82, 2.24) is 16.0 Å². The van der Waals surface area contributed by atoms with E-state index in [0.29, 0.717) is 35.2 Å². The summed E-state index contributed by atoms with van der Waals surface area (Å²) in [6, 6.07) is 25.6. The lowest BCUT2D eigenvalue weighted by molar-refractivity contribution is -0.159. The van der Waals surface area contributed by atoms with E-state index >= 15 is 0 Å². The second-order valence-corrected chi connectivity index (χ2v) is 13.0. The number of phenolic OH excluding ortho intramolecular Hbond substituents is 1. The molecule has 0 aliphatic rings. The average molecular weight is 752 g/mol. The van der Waals surface area contributed by atoms with Crippen molar-refractivity contribution in [2.24, 2.45) is 0 Å². The Morgan fingerprint density at radius 3 is 1.76 bits per heavy atom. The maximum Gasteiger partial charge on any atom is 0.356 e. The summed E-state index contributed by atoms with van der Waals surface area (Å²) in [6.07, 6.45) is 0.877. The first kappa shape index (κ1) is 41.3. The molecule has 0 fully saturated rings. The number of carbonyl (C=O) groups is 6. The number of ketones is 1. The van der Waals surface area contributed by atoms with Crippen LogP contribution in [-0.4, -0.2) is 75.5 Å². The fourth-order valence-electron chi connectivity index (χ4n) is 5.65. The van der Waals surface area contributed by atoms with Crippen molar-refractivity contribution in [2.45, 2.75) is 70.1 Å². The lowest BCUT2D eigenvalue weighted by Crippen LogP contribution is -2.55. The van der Waals surface area contributed by atoms with Gasteiger partial charge in [0.2, 0.25) is 17.7 Å². The van der Waals surface area contributed by atoms with Crippen LogP contribution < -0.4 is 20.7 Å².